The Morgan fingerprint density at radius 2 is 2.19 bits per heavy atom. The van der Waals surface area contributed by atoms with Crippen LogP contribution in [0, 0.1) is 13.8 Å². The minimum absolute atomic E-state index is 0.0307. The summed E-state index contributed by atoms with van der Waals surface area (Å²) in [4.78, 5) is 13.5. The fourth-order valence-corrected chi connectivity index (χ4v) is 4.86. The van der Waals surface area contributed by atoms with Crippen LogP contribution < -0.4 is 11.1 Å². The van der Waals surface area contributed by atoms with Gasteiger partial charge in [-0.1, -0.05) is 0 Å². The highest BCUT2D eigenvalue weighted by molar-refractivity contribution is 7.85. The molecular formula is C13H16N4O2S2. The van der Waals surface area contributed by atoms with Crippen LogP contribution in [0.15, 0.2) is 0 Å². The largest absolute Gasteiger partial charge is 0.397 e. The highest BCUT2D eigenvalue weighted by Gasteiger charge is 2.26. The molecule has 2 atom stereocenters. The van der Waals surface area contributed by atoms with Crippen molar-refractivity contribution in [3.63, 3.8) is 0 Å². The van der Waals surface area contributed by atoms with E-state index in [-0.39, 0.29) is 11.9 Å². The summed E-state index contributed by atoms with van der Waals surface area (Å²) in [5.74, 6) is 0.960. The second-order valence-corrected chi connectivity index (χ2v) is 7.83. The predicted octanol–water partition coefficient (Wildman–Crippen LogP) is 1.14. The number of nitrogens with two attached hydrogens (primary N) is 1. The van der Waals surface area contributed by atoms with E-state index in [4.69, 9.17) is 5.73 Å². The molecule has 1 aliphatic rings. The van der Waals surface area contributed by atoms with Crippen molar-refractivity contribution in [2.75, 3.05) is 17.2 Å². The smallest absolute Gasteiger partial charge is 0.263 e. The molecule has 3 N–H and O–H groups in total. The van der Waals surface area contributed by atoms with Gasteiger partial charge < -0.3 is 11.1 Å². The molecule has 3 heterocycles. The predicted molar refractivity (Wildman–Crippen MR) is 85.0 cm³/mol. The normalized spacial score (nSPS) is 21.8. The van der Waals surface area contributed by atoms with E-state index in [9.17, 15) is 9.00 Å². The van der Waals surface area contributed by atoms with Gasteiger partial charge in [-0.3, -0.25) is 9.00 Å². The molecule has 0 spiro atoms. The Morgan fingerprint density at radius 3 is 2.86 bits per heavy atom. The molecule has 6 nitrogen and oxygen atoms in total. The van der Waals surface area contributed by atoms with Gasteiger partial charge >= 0.3 is 0 Å². The molecule has 0 saturated carbocycles. The van der Waals surface area contributed by atoms with E-state index in [1.165, 1.54) is 11.3 Å². The molecule has 2 aromatic rings. The van der Waals surface area contributed by atoms with Crippen LogP contribution in [0.3, 0.4) is 0 Å². The number of amides is 1. The number of nitrogens with one attached hydrogen (secondary N) is 1. The van der Waals surface area contributed by atoms with Gasteiger partial charge in [0.25, 0.3) is 5.91 Å². The van der Waals surface area contributed by atoms with Crippen LogP contribution in [0.1, 0.15) is 27.3 Å². The van der Waals surface area contributed by atoms with Crippen molar-refractivity contribution < 1.29 is 9.00 Å². The summed E-state index contributed by atoms with van der Waals surface area (Å²) in [5, 5.41) is 11.9. The third-order valence-electron chi connectivity index (χ3n) is 3.76. The van der Waals surface area contributed by atoms with E-state index < -0.39 is 10.8 Å². The number of hydrogen-bond donors (Lipinski definition) is 2. The summed E-state index contributed by atoms with van der Waals surface area (Å²) in [6.45, 7) is 3.80. The molecule has 1 aliphatic heterocycles. The first kappa shape index (κ1) is 14.4. The Labute approximate surface area is 128 Å². The zero-order valence-electron chi connectivity index (χ0n) is 11.8. The molecular weight excluding hydrogens is 308 g/mol. The fourth-order valence-electron chi connectivity index (χ4n) is 2.44. The molecule has 0 bridgehead atoms. The first-order chi connectivity index (χ1) is 9.97. The molecule has 2 aromatic heterocycles. The van der Waals surface area contributed by atoms with Crippen molar-refractivity contribution in [2.45, 2.75) is 26.3 Å². The molecule has 0 aromatic carbocycles. The quantitative estimate of drug-likeness (QED) is 0.863. The Morgan fingerprint density at radius 1 is 1.43 bits per heavy atom. The van der Waals surface area contributed by atoms with Crippen molar-refractivity contribution in [2.24, 2.45) is 0 Å². The molecule has 21 heavy (non-hydrogen) atoms. The van der Waals surface area contributed by atoms with Crippen LogP contribution in [-0.4, -0.2) is 37.9 Å². The van der Waals surface area contributed by atoms with E-state index in [1.807, 2.05) is 13.8 Å². The minimum atomic E-state index is -0.817. The van der Waals surface area contributed by atoms with E-state index in [0.29, 0.717) is 26.9 Å². The fraction of sp³-hybridized carbons (Fsp3) is 0.462. The van der Waals surface area contributed by atoms with Crippen LogP contribution in [-0.2, 0) is 10.8 Å². The molecule has 0 radical (unpaired) electrons. The van der Waals surface area contributed by atoms with Crippen molar-refractivity contribution in [3.8, 4) is 0 Å². The number of fused-ring (bicyclic) bond motifs is 1. The third kappa shape index (κ3) is 2.53. The first-order valence-electron chi connectivity index (χ1n) is 6.65. The van der Waals surface area contributed by atoms with Crippen LogP contribution in [0.4, 0.5) is 5.69 Å². The van der Waals surface area contributed by atoms with Gasteiger partial charge in [0.2, 0.25) is 0 Å². The van der Waals surface area contributed by atoms with E-state index in [2.05, 4.69) is 15.5 Å². The zero-order chi connectivity index (χ0) is 15.1. The zero-order valence-corrected chi connectivity index (χ0v) is 13.4. The van der Waals surface area contributed by atoms with Gasteiger partial charge in [-0.25, -0.2) is 0 Å². The maximum atomic E-state index is 12.4. The number of nitrogen functional groups attached to an aromatic ring is 1. The maximum Gasteiger partial charge on any atom is 0.263 e. The molecule has 112 valence electrons. The van der Waals surface area contributed by atoms with Crippen LogP contribution in [0.25, 0.3) is 10.2 Å². The lowest BCUT2D eigenvalue weighted by Gasteiger charge is -2.10. The highest BCUT2D eigenvalue weighted by Crippen LogP contribution is 2.34. The average Bonchev–Trinajstić information content (AvgIpc) is 2.98. The number of carbonyl (C=O) groups excluding carboxylic acids is 1. The summed E-state index contributed by atoms with van der Waals surface area (Å²) < 4.78 is 11.4. The molecule has 1 amide bonds. The van der Waals surface area contributed by atoms with Crippen molar-refractivity contribution in [1.82, 2.24) is 15.5 Å². The topological polar surface area (TPSA) is 98.0 Å². The molecule has 0 aliphatic carbocycles. The standard InChI is InChI=1S/C13H16N4O2S2/c1-6-7(2)16-17-13-9(6)10(14)11(20-13)12(18)15-8-3-4-21(19)5-8/h8H,3-5,14H2,1-2H3,(H,15,18). The van der Waals surface area contributed by atoms with Crippen molar-refractivity contribution in [3.05, 3.63) is 16.1 Å². The summed E-state index contributed by atoms with van der Waals surface area (Å²) in [7, 11) is -0.817. The summed E-state index contributed by atoms with van der Waals surface area (Å²) in [5.41, 5.74) is 8.36. The number of aryl methyl sites for hydroxylation is 2. The Balaban J connectivity index is 1.93. The van der Waals surface area contributed by atoms with Gasteiger partial charge in [-0.2, -0.15) is 5.10 Å². The number of hydrogen-bond acceptors (Lipinski definition) is 6. The van der Waals surface area contributed by atoms with Gasteiger partial charge in [0, 0.05) is 33.7 Å². The monoisotopic (exact) mass is 324 g/mol. The lowest BCUT2D eigenvalue weighted by Crippen LogP contribution is -2.35. The number of thiophene rings is 1. The van der Waals surface area contributed by atoms with Gasteiger partial charge in [-0.15, -0.1) is 16.4 Å². The minimum Gasteiger partial charge on any atom is -0.397 e. The van der Waals surface area contributed by atoms with Gasteiger partial charge in [0.15, 0.2) is 0 Å². The second-order valence-electron chi connectivity index (χ2n) is 5.21. The van der Waals surface area contributed by atoms with Crippen LogP contribution >= 0.6 is 11.3 Å². The van der Waals surface area contributed by atoms with Crippen molar-refractivity contribution in [1.29, 1.82) is 0 Å². The number of nitrogens with zero attached hydrogens (tertiary/aromatic N) is 2. The third-order valence-corrected chi connectivity index (χ3v) is 6.31. The number of rotatable bonds is 2. The Hall–Kier alpha value is -1.54. The number of aromatic nitrogens is 2. The SMILES string of the molecule is Cc1nnc2sc(C(=O)NC3CCS(=O)C3)c(N)c2c1C. The molecule has 1 fully saturated rings. The molecule has 8 heteroatoms. The first-order valence-corrected chi connectivity index (χ1v) is 8.95. The number of carbonyl (C=O) groups is 1. The Kier molecular flexibility index (Phi) is 3.66. The Bertz CT molecular complexity index is 756. The van der Waals surface area contributed by atoms with Crippen LogP contribution in [0.2, 0.25) is 0 Å². The van der Waals surface area contributed by atoms with Gasteiger partial charge in [-0.05, 0) is 25.8 Å². The van der Waals surface area contributed by atoms with Gasteiger partial charge in [0.05, 0.1) is 11.4 Å². The average molecular weight is 324 g/mol. The lowest BCUT2D eigenvalue weighted by atomic mass is 10.1. The molecule has 1 saturated heterocycles. The summed E-state index contributed by atoms with van der Waals surface area (Å²) in [6, 6.07) is -0.0307. The maximum absolute atomic E-state index is 12.4. The van der Waals surface area contributed by atoms with Gasteiger partial charge in [0.1, 0.15) is 9.71 Å². The summed E-state index contributed by atoms with van der Waals surface area (Å²) >= 11 is 1.25. The van der Waals surface area contributed by atoms with Crippen molar-refractivity contribution >= 4 is 43.9 Å². The van der Waals surface area contributed by atoms with E-state index in [0.717, 1.165) is 23.1 Å². The highest BCUT2D eigenvalue weighted by atomic mass is 32.2. The van der Waals surface area contributed by atoms with E-state index in [1.54, 1.807) is 0 Å². The molecule has 2 unspecified atom stereocenters. The van der Waals surface area contributed by atoms with Crippen LogP contribution in [0.5, 0.6) is 0 Å². The lowest BCUT2D eigenvalue weighted by molar-refractivity contribution is 0.0946. The second kappa shape index (κ2) is 5.34. The number of anilines is 1. The molecule has 3 rings (SSSR count). The van der Waals surface area contributed by atoms with E-state index >= 15 is 0 Å². The summed E-state index contributed by atoms with van der Waals surface area (Å²) in [6.07, 6.45) is 0.751.